The van der Waals surface area contributed by atoms with E-state index in [-0.39, 0.29) is 5.91 Å². The minimum atomic E-state index is 0.0950. The van der Waals surface area contributed by atoms with Gasteiger partial charge in [-0.2, -0.15) is 0 Å². The maximum atomic E-state index is 11.9. The van der Waals surface area contributed by atoms with Gasteiger partial charge in [0.2, 0.25) is 5.91 Å². The average molecular weight is 342 g/mol. The summed E-state index contributed by atoms with van der Waals surface area (Å²) in [5.41, 5.74) is 2.12. The summed E-state index contributed by atoms with van der Waals surface area (Å²) in [6.45, 7) is 4.38. The monoisotopic (exact) mass is 342 g/mol. The van der Waals surface area contributed by atoms with Crippen molar-refractivity contribution in [2.75, 3.05) is 0 Å². The number of nitrogens with zero attached hydrogens (tertiary/aromatic N) is 1. The molecule has 0 fully saturated rings. The molecule has 1 amide bonds. The summed E-state index contributed by atoms with van der Waals surface area (Å²) in [5.74, 6) is 1.86. The van der Waals surface area contributed by atoms with Gasteiger partial charge in [-0.25, -0.2) is 4.98 Å². The zero-order chi connectivity index (χ0) is 16.9. The smallest absolute Gasteiger partial charge is 0.220 e. The summed E-state index contributed by atoms with van der Waals surface area (Å²) in [5, 5.41) is 4.12. The topological polar surface area (TPSA) is 55.1 Å². The third-order valence-corrected chi connectivity index (χ3v) is 5.10. The van der Waals surface area contributed by atoms with Crippen molar-refractivity contribution in [1.29, 1.82) is 0 Å². The van der Waals surface area contributed by atoms with E-state index in [9.17, 15) is 4.79 Å². The Morgan fingerprint density at radius 3 is 2.83 bits per heavy atom. The zero-order valence-corrected chi connectivity index (χ0v) is 14.9. The number of furan rings is 1. The lowest BCUT2D eigenvalue weighted by atomic mass is 10.2. The van der Waals surface area contributed by atoms with Crippen LogP contribution in [0.15, 0.2) is 34.7 Å². The van der Waals surface area contributed by atoms with Crippen LogP contribution in [-0.2, 0) is 17.8 Å². The highest BCUT2D eigenvalue weighted by Crippen LogP contribution is 2.22. The van der Waals surface area contributed by atoms with Crippen LogP contribution in [0.4, 0.5) is 0 Å². The molecule has 1 N–H and O–H groups in total. The Kier molecular flexibility index (Phi) is 5.30. The first kappa shape index (κ1) is 16.7. The Labute approximate surface area is 145 Å². The highest BCUT2D eigenvalue weighted by molar-refractivity contribution is 7.18. The van der Waals surface area contributed by atoms with Gasteiger partial charge in [-0.3, -0.25) is 4.79 Å². The van der Waals surface area contributed by atoms with Gasteiger partial charge in [0.25, 0.3) is 0 Å². The molecule has 0 aliphatic carbocycles. The molecule has 5 heteroatoms. The second-order valence-corrected chi connectivity index (χ2v) is 7.11. The molecule has 0 radical (unpaired) electrons. The lowest BCUT2D eigenvalue weighted by Gasteiger charge is -2.04. The van der Waals surface area contributed by atoms with Gasteiger partial charge in [-0.1, -0.05) is 12.1 Å². The molecule has 0 saturated carbocycles. The molecule has 24 heavy (non-hydrogen) atoms. The molecule has 0 aliphatic heterocycles. The molecule has 0 atom stereocenters. The molecule has 4 nitrogen and oxygen atoms in total. The molecule has 0 spiro atoms. The van der Waals surface area contributed by atoms with Crippen LogP contribution in [0, 0.1) is 13.8 Å². The Morgan fingerprint density at radius 2 is 2.08 bits per heavy atom. The van der Waals surface area contributed by atoms with Gasteiger partial charge in [0.05, 0.1) is 15.2 Å². The van der Waals surface area contributed by atoms with Gasteiger partial charge in [0, 0.05) is 18.5 Å². The van der Waals surface area contributed by atoms with Crippen LogP contribution < -0.4 is 5.32 Å². The van der Waals surface area contributed by atoms with Crippen LogP contribution in [0.3, 0.4) is 0 Å². The second kappa shape index (κ2) is 7.62. The van der Waals surface area contributed by atoms with Crippen molar-refractivity contribution in [3.8, 4) is 0 Å². The van der Waals surface area contributed by atoms with E-state index < -0.39 is 0 Å². The number of unbranched alkanes of at least 4 members (excludes halogenated alkanes) is 1. The van der Waals surface area contributed by atoms with Crippen molar-refractivity contribution in [2.24, 2.45) is 0 Å². The van der Waals surface area contributed by atoms with Gasteiger partial charge in [0.1, 0.15) is 11.5 Å². The van der Waals surface area contributed by atoms with Gasteiger partial charge in [0.15, 0.2) is 0 Å². The van der Waals surface area contributed by atoms with E-state index in [0.717, 1.165) is 46.9 Å². The molecule has 2 heterocycles. The Bertz CT molecular complexity index is 802. The van der Waals surface area contributed by atoms with E-state index in [4.69, 9.17) is 4.42 Å². The van der Waals surface area contributed by atoms with Crippen LogP contribution >= 0.6 is 11.3 Å². The number of hydrogen-bond acceptors (Lipinski definition) is 4. The molecule has 0 bridgehead atoms. The van der Waals surface area contributed by atoms with E-state index >= 15 is 0 Å². The van der Waals surface area contributed by atoms with Gasteiger partial charge in [-0.15, -0.1) is 11.3 Å². The van der Waals surface area contributed by atoms with E-state index in [2.05, 4.69) is 16.4 Å². The summed E-state index contributed by atoms with van der Waals surface area (Å²) >= 11 is 1.75. The molecule has 1 aromatic carbocycles. The normalized spacial score (nSPS) is 11.1. The predicted octanol–water partition coefficient (Wildman–Crippen LogP) is 4.54. The molecule has 0 unspecified atom stereocenters. The molecule has 2 aromatic heterocycles. The van der Waals surface area contributed by atoms with E-state index in [0.29, 0.717) is 13.0 Å². The zero-order valence-electron chi connectivity index (χ0n) is 14.1. The Balaban J connectivity index is 1.38. The van der Waals surface area contributed by atoms with Gasteiger partial charge < -0.3 is 9.73 Å². The standard InChI is InChI=1S/C19H22N2O2S/c1-13-11-15(14(2)23-13)12-20-18(22)9-5-6-10-19-21-16-7-3-4-8-17(16)24-19/h3-4,7-8,11H,5-6,9-10,12H2,1-2H3,(H,20,22). The van der Waals surface area contributed by atoms with Crippen molar-refractivity contribution in [3.63, 3.8) is 0 Å². The predicted molar refractivity (Wildman–Crippen MR) is 97.2 cm³/mol. The van der Waals surface area contributed by atoms with Crippen LogP contribution in [0.2, 0.25) is 0 Å². The highest BCUT2D eigenvalue weighted by Gasteiger charge is 2.07. The largest absolute Gasteiger partial charge is 0.466 e. The number of nitrogens with one attached hydrogen (secondary N) is 1. The number of carbonyl (C=O) groups is 1. The number of aryl methyl sites for hydroxylation is 3. The van der Waals surface area contributed by atoms with Crippen molar-refractivity contribution < 1.29 is 9.21 Å². The molecule has 126 valence electrons. The van der Waals surface area contributed by atoms with Crippen molar-refractivity contribution in [3.05, 3.63) is 52.4 Å². The highest BCUT2D eigenvalue weighted by atomic mass is 32.1. The number of thiazole rings is 1. The Hall–Kier alpha value is -2.14. The number of rotatable bonds is 7. The van der Waals surface area contributed by atoms with Crippen LogP contribution in [0.1, 0.15) is 41.4 Å². The second-order valence-electron chi connectivity index (χ2n) is 6.00. The number of carbonyl (C=O) groups excluding carboxylic acids is 1. The third kappa shape index (κ3) is 4.23. The maximum absolute atomic E-state index is 11.9. The van der Waals surface area contributed by atoms with Gasteiger partial charge >= 0.3 is 0 Å². The minimum absolute atomic E-state index is 0.0950. The molecule has 3 aromatic rings. The van der Waals surface area contributed by atoms with Crippen LogP contribution in [0.5, 0.6) is 0 Å². The van der Waals surface area contributed by atoms with Crippen molar-refractivity contribution in [1.82, 2.24) is 10.3 Å². The van der Waals surface area contributed by atoms with Crippen LogP contribution in [0.25, 0.3) is 10.2 Å². The lowest BCUT2D eigenvalue weighted by Crippen LogP contribution is -2.22. The number of para-hydroxylation sites is 1. The van der Waals surface area contributed by atoms with Gasteiger partial charge in [-0.05, 0) is 51.3 Å². The number of hydrogen-bond donors (Lipinski definition) is 1. The number of fused-ring (bicyclic) bond motifs is 1. The first-order valence-electron chi connectivity index (χ1n) is 8.29. The first-order valence-corrected chi connectivity index (χ1v) is 9.10. The SMILES string of the molecule is Cc1cc(CNC(=O)CCCCc2nc3ccccc3s2)c(C)o1. The lowest BCUT2D eigenvalue weighted by molar-refractivity contribution is -0.121. The van der Waals surface area contributed by atoms with E-state index in [1.807, 2.05) is 38.1 Å². The fraction of sp³-hybridized carbons (Fsp3) is 0.368. The first-order chi connectivity index (χ1) is 11.6. The van der Waals surface area contributed by atoms with Crippen molar-refractivity contribution in [2.45, 2.75) is 46.1 Å². The minimum Gasteiger partial charge on any atom is -0.466 e. The summed E-state index contributed by atoms with van der Waals surface area (Å²) in [6, 6.07) is 10.2. The third-order valence-electron chi connectivity index (χ3n) is 4.00. The number of benzene rings is 1. The average Bonchev–Trinajstić information content (AvgIpc) is 3.11. The summed E-state index contributed by atoms with van der Waals surface area (Å²) < 4.78 is 6.69. The fourth-order valence-corrected chi connectivity index (χ4v) is 3.74. The summed E-state index contributed by atoms with van der Waals surface area (Å²) in [7, 11) is 0. The Morgan fingerprint density at radius 1 is 1.25 bits per heavy atom. The summed E-state index contributed by atoms with van der Waals surface area (Å²) in [4.78, 5) is 16.6. The van der Waals surface area contributed by atoms with Crippen LogP contribution in [-0.4, -0.2) is 10.9 Å². The van der Waals surface area contributed by atoms with E-state index in [1.54, 1.807) is 11.3 Å². The number of aromatic nitrogens is 1. The molecular weight excluding hydrogens is 320 g/mol. The number of amides is 1. The molecule has 3 rings (SSSR count). The molecular formula is C19H22N2O2S. The van der Waals surface area contributed by atoms with E-state index in [1.165, 1.54) is 4.70 Å². The quantitative estimate of drug-likeness (QED) is 0.642. The maximum Gasteiger partial charge on any atom is 0.220 e. The van der Waals surface area contributed by atoms with Crippen molar-refractivity contribution >= 4 is 27.5 Å². The summed E-state index contributed by atoms with van der Waals surface area (Å²) in [6.07, 6.45) is 3.36. The fourth-order valence-electron chi connectivity index (χ4n) is 2.73. The molecule has 0 saturated heterocycles. The molecule has 0 aliphatic rings.